The molecule has 0 fully saturated rings. The van der Waals surface area contributed by atoms with Crippen LogP contribution in [0.2, 0.25) is 5.02 Å². The van der Waals surface area contributed by atoms with E-state index < -0.39 is 0 Å². The largest absolute Gasteiger partial charge is 0.381 e. The fraction of sp³-hybridized carbons (Fsp3) is 0.278. The van der Waals surface area contributed by atoms with Gasteiger partial charge in [0.05, 0.1) is 0 Å². The second-order valence-corrected chi connectivity index (χ2v) is 5.99. The molecule has 0 spiro atoms. The van der Waals surface area contributed by atoms with E-state index in [1.165, 1.54) is 5.56 Å². The molecule has 0 bridgehead atoms. The highest BCUT2D eigenvalue weighted by Gasteiger charge is 2.24. The Morgan fingerprint density at radius 3 is 2.78 bits per heavy atom. The minimum absolute atomic E-state index is 0.00102. The highest BCUT2D eigenvalue weighted by Crippen LogP contribution is 2.31. The molecule has 0 saturated heterocycles. The molecule has 1 N–H and O–H groups in total. The van der Waals surface area contributed by atoms with E-state index in [1.54, 1.807) is 12.0 Å². The highest BCUT2D eigenvalue weighted by molar-refractivity contribution is 6.30. The first kappa shape index (κ1) is 15.8. The van der Waals surface area contributed by atoms with Crippen molar-refractivity contribution in [3.63, 3.8) is 0 Å². The van der Waals surface area contributed by atoms with E-state index in [2.05, 4.69) is 17.4 Å². The average Bonchev–Trinajstić information content (AvgIpc) is 2.98. The van der Waals surface area contributed by atoms with Crippen LogP contribution in [0.4, 0.5) is 11.4 Å². The zero-order valence-electron chi connectivity index (χ0n) is 13.0. The summed E-state index contributed by atoms with van der Waals surface area (Å²) in [6.45, 7) is 1.54. The van der Waals surface area contributed by atoms with Gasteiger partial charge in [0.2, 0.25) is 0 Å². The molecule has 1 aliphatic rings. The van der Waals surface area contributed by atoms with Gasteiger partial charge in [0.25, 0.3) is 5.91 Å². The third-order valence-corrected chi connectivity index (χ3v) is 4.21. The first-order valence-corrected chi connectivity index (χ1v) is 7.96. The van der Waals surface area contributed by atoms with E-state index in [0.29, 0.717) is 6.54 Å². The molecule has 0 aliphatic carbocycles. The van der Waals surface area contributed by atoms with Crippen LogP contribution in [0.1, 0.15) is 11.1 Å². The monoisotopic (exact) mass is 330 g/mol. The first-order chi connectivity index (χ1) is 11.2. The van der Waals surface area contributed by atoms with Crippen molar-refractivity contribution >= 4 is 28.9 Å². The van der Waals surface area contributed by atoms with Gasteiger partial charge in [-0.15, -0.1) is 0 Å². The van der Waals surface area contributed by atoms with E-state index in [9.17, 15) is 4.79 Å². The minimum Gasteiger partial charge on any atom is -0.381 e. The molecule has 120 valence electrons. The van der Waals surface area contributed by atoms with Crippen LogP contribution in [0, 0.1) is 0 Å². The van der Waals surface area contributed by atoms with E-state index in [0.717, 1.165) is 34.9 Å². The van der Waals surface area contributed by atoms with Gasteiger partial charge in [-0.2, -0.15) is 0 Å². The lowest BCUT2D eigenvalue weighted by molar-refractivity contribution is -0.122. The van der Waals surface area contributed by atoms with Crippen molar-refractivity contribution in [3.8, 4) is 0 Å². The summed E-state index contributed by atoms with van der Waals surface area (Å²) in [7, 11) is 1.54. The summed E-state index contributed by atoms with van der Waals surface area (Å²) in [5, 5.41) is 4.12. The Morgan fingerprint density at radius 2 is 2.04 bits per heavy atom. The van der Waals surface area contributed by atoms with E-state index in [1.807, 2.05) is 30.3 Å². The number of anilines is 2. The molecule has 5 heteroatoms. The molecule has 0 aromatic heterocycles. The van der Waals surface area contributed by atoms with Gasteiger partial charge in [-0.05, 0) is 41.8 Å². The first-order valence-electron chi connectivity index (χ1n) is 7.58. The molecule has 1 amide bonds. The quantitative estimate of drug-likeness (QED) is 0.912. The SMILES string of the molecule is COCC(=O)N1CCc2ccc(NCc3ccc(Cl)cc3)cc21. The van der Waals surface area contributed by atoms with Gasteiger partial charge in [0, 0.05) is 36.6 Å². The lowest BCUT2D eigenvalue weighted by atomic mass is 10.1. The summed E-state index contributed by atoms with van der Waals surface area (Å²) >= 11 is 5.90. The van der Waals surface area contributed by atoms with Crippen LogP contribution >= 0.6 is 11.6 Å². The van der Waals surface area contributed by atoms with Crippen LogP contribution in [0.3, 0.4) is 0 Å². The lowest BCUT2D eigenvalue weighted by Crippen LogP contribution is -2.32. The molecular formula is C18H19ClN2O2. The number of hydrogen-bond acceptors (Lipinski definition) is 3. The van der Waals surface area contributed by atoms with Crippen LogP contribution in [0.25, 0.3) is 0 Å². The average molecular weight is 331 g/mol. The summed E-state index contributed by atoms with van der Waals surface area (Å²) in [6, 6.07) is 13.9. The molecule has 0 unspecified atom stereocenters. The predicted molar refractivity (Wildman–Crippen MR) is 93.2 cm³/mol. The van der Waals surface area contributed by atoms with Crippen LogP contribution < -0.4 is 10.2 Å². The Morgan fingerprint density at radius 1 is 1.26 bits per heavy atom. The summed E-state index contributed by atoms with van der Waals surface area (Å²) < 4.78 is 4.96. The molecule has 4 nitrogen and oxygen atoms in total. The summed E-state index contributed by atoms with van der Waals surface area (Å²) in [5.74, 6) is 0.00102. The number of methoxy groups -OCH3 is 1. The fourth-order valence-corrected chi connectivity index (χ4v) is 2.88. The molecular weight excluding hydrogens is 312 g/mol. The van der Waals surface area contributed by atoms with Gasteiger partial charge < -0.3 is 15.0 Å². The van der Waals surface area contributed by atoms with E-state index >= 15 is 0 Å². The molecule has 2 aromatic carbocycles. The molecule has 0 atom stereocenters. The maximum Gasteiger partial charge on any atom is 0.252 e. The van der Waals surface area contributed by atoms with Crippen molar-refractivity contribution < 1.29 is 9.53 Å². The Labute approximate surface area is 141 Å². The number of hydrogen-bond donors (Lipinski definition) is 1. The predicted octanol–water partition coefficient (Wildman–Crippen LogP) is 3.49. The molecule has 1 aliphatic heterocycles. The maximum absolute atomic E-state index is 12.1. The van der Waals surface area contributed by atoms with Crippen LogP contribution in [-0.2, 0) is 22.5 Å². The van der Waals surface area contributed by atoms with Crippen molar-refractivity contribution in [2.45, 2.75) is 13.0 Å². The standard InChI is InChI=1S/C18H19ClN2O2/c1-23-12-18(22)21-9-8-14-4-7-16(10-17(14)21)20-11-13-2-5-15(19)6-3-13/h2-7,10,20H,8-9,11-12H2,1H3. The number of carbonyl (C=O) groups is 1. The Hall–Kier alpha value is -2.04. The molecule has 2 aromatic rings. The van der Waals surface area contributed by atoms with Gasteiger partial charge in [0.1, 0.15) is 6.61 Å². The number of nitrogens with one attached hydrogen (secondary N) is 1. The van der Waals surface area contributed by atoms with Crippen LogP contribution in [0.15, 0.2) is 42.5 Å². The number of rotatable bonds is 5. The van der Waals surface area contributed by atoms with Crippen LogP contribution in [0.5, 0.6) is 0 Å². The van der Waals surface area contributed by atoms with Gasteiger partial charge >= 0.3 is 0 Å². The van der Waals surface area contributed by atoms with Crippen molar-refractivity contribution in [2.24, 2.45) is 0 Å². The number of amides is 1. The fourth-order valence-electron chi connectivity index (χ4n) is 2.76. The van der Waals surface area contributed by atoms with Crippen molar-refractivity contribution in [3.05, 3.63) is 58.6 Å². The summed E-state index contributed by atoms with van der Waals surface area (Å²) in [5.41, 5.74) is 4.33. The number of ether oxygens (including phenoxy) is 1. The zero-order valence-corrected chi connectivity index (χ0v) is 13.8. The van der Waals surface area contributed by atoms with Gasteiger partial charge in [-0.3, -0.25) is 4.79 Å². The van der Waals surface area contributed by atoms with Gasteiger partial charge in [-0.25, -0.2) is 0 Å². The zero-order chi connectivity index (χ0) is 16.2. The molecule has 1 heterocycles. The smallest absolute Gasteiger partial charge is 0.252 e. The number of carbonyl (C=O) groups excluding carboxylic acids is 1. The van der Waals surface area contributed by atoms with Crippen LogP contribution in [-0.4, -0.2) is 26.2 Å². The van der Waals surface area contributed by atoms with Gasteiger partial charge in [0.15, 0.2) is 0 Å². The van der Waals surface area contributed by atoms with E-state index in [-0.39, 0.29) is 12.5 Å². The van der Waals surface area contributed by atoms with Crippen molar-refractivity contribution in [1.82, 2.24) is 0 Å². The Bertz CT molecular complexity index is 701. The number of fused-ring (bicyclic) bond motifs is 1. The number of benzene rings is 2. The lowest BCUT2D eigenvalue weighted by Gasteiger charge is -2.18. The topological polar surface area (TPSA) is 41.6 Å². The Balaban J connectivity index is 1.71. The number of nitrogens with zero attached hydrogens (tertiary/aromatic N) is 1. The Kier molecular flexibility index (Phi) is 4.84. The normalized spacial score (nSPS) is 13.0. The van der Waals surface area contributed by atoms with Crippen molar-refractivity contribution in [2.75, 3.05) is 30.5 Å². The van der Waals surface area contributed by atoms with E-state index in [4.69, 9.17) is 16.3 Å². The number of halogens is 1. The van der Waals surface area contributed by atoms with Crippen molar-refractivity contribution in [1.29, 1.82) is 0 Å². The molecule has 23 heavy (non-hydrogen) atoms. The molecule has 3 rings (SSSR count). The summed E-state index contributed by atoms with van der Waals surface area (Å²) in [4.78, 5) is 13.9. The second kappa shape index (κ2) is 7.02. The second-order valence-electron chi connectivity index (χ2n) is 5.55. The molecule has 0 radical (unpaired) electrons. The summed E-state index contributed by atoms with van der Waals surface area (Å²) in [6.07, 6.45) is 0.891. The molecule has 0 saturated carbocycles. The third-order valence-electron chi connectivity index (χ3n) is 3.96. The third kappa shape index (κ3) is 3.66. The minimum atomic E-state index is 0.00102. The maximum atomic E-state index is 12.1. The van der Waals surface area contributed by atoms with Gasteiger partial charge in [-0.1, -0.05) is 29.8 Å². The highest BCUT2D eigenvalue weighted by atomic mass is 35.5.